The van der Waals surface area contributed by atoms with Crippen molar-refractivity contribution in [2.75, 3.05) is 0 Å². The summed E-state index contributed by atoms with van der Waals surface area (Å²) in [4.78, 5) is 12.7. The normalized spacial score (nSPS) is 32.0. The van der Waals surface area contributed by atoms with Crippen LogP contribution in [0.5, 0.6) is 0 Å². The molecule has 0 aromatic heterocycles. The van der Waals surface area contributed by atoms with Crippen LogP contribution in [0, 0.1) is 63.7 Å². The van der Waals surface area contributed by atoms with Crippen LogP contribution >= 0.6 is 11.9 Å². The molecule has 2 aromatic rings. The molecule has 44 heavy (non-hydrogen) atoms. The van der Waals surface area contributed by atoms with E-state index in [-0.39, 0.29) is 5.91 Å². The molecule has 0 spiro atoms. The molecule has 4 aliphatic rings. The third-order valence-electron chi connectivity index (χ3n) is 11.7. The average molecular weight is 634 g/mol. The number of hydrogen-bond acceptors (Lipinski definition) is 2. The van der Waals surface area contributed by atoms with Gasteiger partial charge in [0.2, 0.25) is 5.91 Å². The summed E-state index contributed by atoms with van der Waals surface area (Å²) < 4.78 is 53.3. The maximum atomic E-state index is 13.3. The number of fused-ring (bicyclic) bond motifs is 5. The molecule has 0 saturated heterocycles. The van der Waals surface area contributed by atoms with Crippen molar-refractivity contribution in [1.29, 1.82) is 0 Å². The molecule has 0 radical (unpaired) electrons. The minimum absolute atomic E-state index is 0.0541. The fourth-order valence-corrected chi connectivity index (χ4v) is 10.2. The number of benzene rings is 2. The molecule has 1 amide bonds. The standard InChI is InChI=1S/C29H41F2NOS.C6H4F2.C2H6/c1-28-14-4-3-6-19(28)9-11-24-25-12-10-20(29(25,2)15-13-26(24)28)7-5-8-27(33)32-34-23-17-21(30)16-22(31)18-23;7-5-1-2-6(8)4-3-5;1-2/h16-20,24-26H,3-15H2,1-2H3,(H,32,33);1-4H;1-2H3. The molecule has 4 fully saturated rings. The van der Waals surface area contributed by atoms with Gasteiger partial charge in [0, 0.05) is 17.4 Å². The second-order valence-corrected chi connectivity index (χ2v) is 14.7. The third-order valence-corrected chi connectivity index (χ3v) is 12.5. The Morgan fingerprint density at radius 3 is 2.07 bits per heavy atom. The van der Waals surface area contributed by atoms with Gasteiger partial charge >= 0.3 is 0 Å². The lowest BCUT2D eigenvalue weighted by molar-refractivity contribution is -0.119. The second-order valence-electron chi connectivity index (χ2n) is 13.8. The molecule has 6 rings (SSSR count). The minimum Gasteiger partial charge on any atom is -0.296 e. The summed E-state index contributed by atoms with van der Waals surface area (Å²) in [6, 6.07) is 7.64. The molecule has 244 valence electrons. The topological polar surface area (TPSA) is 29.1 Å². The molecule has 0 aliphatic heterocycles. The first-order chi connectivity index (χ1) is 21.1. The first-order valence-corrected chi connectivity index (χ1v) is 17.7. The van der Waals surface area contributed by atoms with Gasteiger partial charge in [0.05, 0.1) is 0 Å². The quantitative estimate of drug-likeness (QED) is 0.253. The van der Waals surface area contributed by atoms with Crippen LogP contribution in [0.3, 0.4) is 0 Å². The van der Waals surface area contributed by atoms with E-state index in [2.05, 4.69) is 18.6 Å². The van der Waals surface area contributed by atoms with Crippen LogP contribution in [0.4, 0.5) is 17.6 Å². The van der Waals surface area contributed by atoms with Crippen LogP contribution in [0.25, 0.3) is 0 Å². The highest BCUT2D eigenvalue weighted by Gasteiger charge is 2.59. The first-order valence-electron chi connectivity index (χ1n) is 16.9. The van der Waals surface area contributed by atoms with Crippen molar-refractivity contribution in [3.05, 3.63) is 65.7 Å². The summed E-state index contributed by atoms with van der Waals surface area (Å²) in [6.45, 7) is 9.23. The zero-order valence-corrected chi connectivity index (χ0v) is 27.8. The molecular weight excluding hydrogens is 582 g/mol. The molecule has 2 aromatic carbocycles. The summed E-state index contributed by atoms with van der Waals surface area (Å²) in [5.41, 5.74) is 1.05. The molecule has 2 nitrogen and oxygen atoms in total. The van der Waals surface area contributed by atoms with Gasteiger partial charge in [0.15, 0.2) is 0 Å². The third kappa shape index (κ3) is 8.03. The zero-order valence-electron chi connectivity index (χ0n) is 26.9. The van der Waals surface area contributed by atoms with Gasteiger partial charge in [-0.3, -0.25) is 9.52 Å². The lowest BCUT2D eigenvalue weighted by atomic mass is 9.45. The van der Waals surface area contributed by atoms with Crippen LogP contribution in [-0.2, 0) is 4.79 Å². The molecular formula is C37H51F4NOS. The minimum atomic E-state index is -0.624. The van der Waals surface area contributed by atoms with Crippen LogP contribution in [0.2, 0.25) is 0 Å². The Morgan fingerprint density at radius 2 is 1.41 bits per heavy atom. The molecule has 4 saturated carbocycles. The highest BCUT2D eigenvalue weighted by atomic mass is 32.2. The number of rotatable bonds is 6. The molecule has 7 unspecified atom stereocenters. The lowest BCUT2D eigenvalue weighted by Gasteiger charge is -2.60. The van der Waals surface area contributed by atoms with E-state index in [1.54, 1.807) is 0 Å². The zero-order chi connectivity index (χ0) is 31.9. The Balaban J connectivity index is 0.000000380. The van der Waals surface area contributed by atoms with Gasteiger partial charge < -0.3 is 0 Å². The Bertz CT molecular complexity index is 1180. The van der Waals surface area contributed by atoms with Gasteiger partial charge in [-0.15, -0.1) is 0 Å². The number of carbonyl (C=O) groups is 1. The highest BCUT2D eigenvalue weighted by molar-refractivity contribution is 7.98. The van der Waals surface area contributed by atoms with Crippen molar-refractivity contribution < 1.29 is 22.4 Å². The van der Waals surface area contributed by atoms with E-state index >= 15 is 0 Å². The van der Waals surface area contributed by atoms with Crippen molar-refractivity contribution in [2.45, 2.75) is 116 Å². The van der Waals surface area contributed by atoms with Crippen LogP contribution in [-0.4, -0.2) is 5.91 Å². The van der Waals surface area contributed by atoms with E-state index in [9.17, 15) is 22.4 Å². The average Bonchev–Trinajstić information content (AvgIpc) is 3.34. The van der Waals surface area contributed by atoms with E-state index in [0.717, 1.165) is 84.7 Å². The van der Waals surface area contributed by atoms with E-state index in [1.165, 1.54) is 76.3 Å². The first kappa shape index (κ1) is 34.8. The largest absolute Gasteiger partial charge is 0.296 e. The Morgan fingerprint density at radius 1 is 0.773 bits per heavy atom. The lowest BCUT2D eigenvalue weighted by Crippen LogP contribution is -2.52. The second kappa shape index (κ2) is 15.5. The van der Waals surface area contributed by atoms with Crippen molar-refractivity contribution in [2.24, 2.45) is 40.4 Å². The summed E-state index contributed by atoms with van der Waals surface area (Å²) in [7, 11) is 0. The predicted octanol–water partition coefficient (Wildman–Crippen LogP) is 11.3. The highest BCUT2D eigenvalue weighted by Crippen LogP contribution is 2.67. The Kier molecular flexibility index (Phi) is 12.3. The van der Waals surface area contributed by atoms with Crippen molar-refractivity contribution in [3.8, 4) is 0 Å². The van der Waals surface area contributed by atoms with E-state index in [1.807, 2.05) is 13.8 Å². The smallest absolute Gasteiger partial charge is 0.230 e. The van der Waals surface area contributed by atoms with Gasteiger partial charge in [0.1, 0.15) is 23.3 Å². The summed E-state index contributed by atoms with van der Waals surface area (Å²) in [6.07, 6.45) is 16.7. The number of halogens is 4. The van der Waals surface area contributed by atoms with Crippen molar-refractivity contribution >= 4 is 17.9 Å². The fraction of sp³-hybridized carbons (Fsp3) is 0.649. The maximum absolute atomic E-state index is 13.3. The van der Waals surface area contributed by atoms with Gasteiger partial charge in [-0.05, 0) is 153 Å². The molecule has 0 bridgehead atoms. The summed E-state index contributed by atoms with van der Waals surface area (Å²) in [5, 5.41) is 0. The number of nitrogens with one attached hydrogen (secondary N) is 1. The molecule has 0 heterocycles. The van der Waals surface area contributed by atoms with Gasteiger partial charge in [-0.1, -0.05) is 40.5 Å². The van der Waals surface area contributed by atoms with Crippen molar-refractivity contribution in [1.82, 2.24) is 4.72 Å². The molecule has 1 N–H and O–H groups in total. The van der Waals surface area contributed by atoms with E-state index < -0.39 is 23.3 Å². The molecule has 7 atom stereocenters. The van der Waals surface area contributed by atoms with Crippen LogP contribution in [0.15, 0.2) is 47.4 Å². The SMILES string of the molecule is CC.CC12CCCCC1CCC1C2CCC2(C)C(CCCC(=O)NSc3cc(F)cc(F)c3)CCC12.Fc1ccc(F)cc1. The van der Waals surface area contributed by atoms with Gasteiger partial charge in [0.25, 0.3) is 0 Å². The predicted molar refractivity (Wildman–Crippen MR) is 172 cm³/mol. The Labute approximate surface area is 266 Å². The van der Waals surface area contributed by atoms with Gasteiger partial charge in [-0.25, -0.2) is 17.6 Å². The number of hydrogen-bond donors (Lipinski definition) is 1. The number of amides is 1. The van der Waals surface area contributed by atoms with Crippen LogP contribution in [0.1, 0.15) is 111 Å². The molecule has 7 heteroatoms. The monoisotopic (exact) mass is 633 g/mol. The summed E-state index contributed by atoms with van der Waals surface area (Å²) in [5.74, 6) is 2.33. The Hall–Kier alpha value is -2.02. The maximum Gasteiger partial charge on any atom is 0.230 e. The van der Waals surface area contributed by atoms with Gasteiger partial charge in [-0.2, -0.15) is 0 Å². The summed E-state index contributed by atoms with van der Waals surface area (Å²) >= 11 is 0.998. The fourth-order valence-electron chi connectivity index (χ4n) is 9.57. The number of carbonyl (C=O) groups excluding carboxylic acids is 1. The van der Waals surface area contributed by atoms with Crippen LogP contribution < -0.4 is 4.72 Å². The van der Waals surface area contributed by atoms with E-state index in [4.69, 9.17) is 0 Å². The van der Waals surface area contributed by atoms with Crippen molar-refractivity contribution in [3.63, 3.8) is 0 Å². The van der Waals surface area contributed by atoms with E-state index in [0.29, 0.717) is 22.1 Å². The molecule has 4 aliphatic carbocycles.